The molecule has 1 aliphatic heterocycles. The van der Waals surface area contributed by atoms with Gasteiger partial charge >= 0.3 is 0 Å². The van der Waals surface area contributed by atoms with E-state index in [1.807, 2.05) is 6.92 Å². The third kappa shape index (κ3) is 5.96. The molecule has 4 N–H and O–H groups in total. The van der Waals surface area contributed by atoms with Crippen molar-refractivity contribution in [3.63, 3.8) is 0 Å². The van der Waals surface area contributed by atoms with Gasteiger partial charge in [0, 0.05) is 31.2 Å². The van der Waals surface area contributed by atoms with E-state index in [1.54, 1.807) is 12.1 Å². The molecule has 140 valence electrons. The minimum Gasteiger partial charge on any atom is -0.354 e. The molecule has 2 amide bonds. The number of amides is 2. The van der Waals surface area contributed by atoms with Crippen molar-refractivity contribution in [2.75, 3.05) is 25.0 Å². The number of benzene rings is 1. The van der Waals surface area contributed by atoms with Crippen molar-refractivity contribution in [3.8, 4) is 0 Å². The Kier molecular flexibility index (Phi) is 7.81. The number of carbonyl (C=O) groups excluding carboxylic acids is 2. The molecule has 10 heteroatoms. The third-order valence-corrected chi connectivity index (χ3v) is 5.43. The maximum absolute atomic E-state index is 12.6. The summed E-state index contributed by atoms with van der Waals surface area (Å²) in [5.41, 5.74) is 6.01. The fourth-order valence-corrected chi connectivity index (χ4v) is 3.73. The first-order valence-electron chi connectivity index (χ1n) is 7.71. The van der Waals surface area contributed by atoms with Crippen molar-refractivity contribution in [2.24, 2.45) is 5.73 Å². The normalized spacial score (nSPS) is 16.5. The molecular formula is C15H23ClN4O4S. The number of nitrogens with zero attached hydrogens (tertiary/aromatic N) is 1. The Labute approximate surface area is 153 Å². The molecule has 0 aliphatic carbocycles. The predicted molar refractivity (Wildman–Crippen MR) is 97.0 cm³/mol. The molecule has 0 spiro atoms. The van der Waals surface area contributed by atoms with Crippen molar-refractivity contribution >= 4 is 39.9 Å². The molecule has 1 aliphatic rings. The molecule has 1 fully saturated rings. The summed E-state index contributed by atoms with van der Waals surface area (Å²) in [7, 11) is -3.78. The minimum absolute atomic E-state index is 0. The van der Waals surface area contributed by atoms with Gasteiger partial charge in [0.1, 0.15) is 0 Å². The molecule has 8 nitrogen and oxygen atoms in total. The molecule has 1 aromatic carbocycles. The van der Waals surface area contributed by atoms with E-state index in [9.17, 15) is 18.0 Å². The van der Waals surface area contributed by atoms with Crippen LogP contribution in [0.3, 0.4) is 0 Å². The standard InChI is InChI=1S/C15H22N4O4S.ClH/c1-11(16)5-6-14(20)18-12-3-2-4-13(9-12)24(22,23)19-8-7-17-15(21)10-19;/h2-4,9,11H,5-8,10,16H2,1H3,(H,17,21)(H,18,20);1H. The van der Waals surface area contributed by atoms with Crippen molar-refractivity contribution in [1.29, 1.82) is 0 Å². The molecule has 1 unspecified atom stereocenters. The quantitative estimate of drug-likeness (QED) is 0.644. The lowest BCUT2D eigenvalue weighted by molar-refractivity contribution is -0.122. The van der Waals surface area contributed by atoms with Gasteiger partial charge in [-0.2, -0.15) is 4.31 Å². The highest BCUT2D eigenvalue weighted by molar-refractivity contribution is 7.89. The molecule has 0 bridgehead atoms. The van der Waals surface area contributed by atoms with E-state index >= 15 is 0 Å². The number of sulfonamides is 1. The van der Waals surface area contributed by atoms with Crippen LogP contribution in [0.15, 0.2) is 29.2 Å². The van der Waals surface area contributed by atoms with E-state index in [-0.39, 0.29) is 61.2 Å². The molecule has 0 radical (unpaired) electrons. The second-order valence-corrected chi connectivity index (χ2v) is 7.72. The van der Waals surface area contributed by atoms with E-state index in [0.717, 1.165) is 4.31 Å². The van der Waals surface area contributed by atoms with Gasteiger partial charge in [-0.05, 0) is 31.5 Å². The highest BCUT2D eigenvalue weighted by Crippen LogP contribution is 2.20. The average molecular weight is 391 g/mol. The summed E-state index contributed by atoms with van der Waals surface area (Å²) in [4.78, 5) is 23.3. The number of halogens is 1. The smallest absolute Gasteiger partial charge is 0.243 e. The summed E-state index contributed by atoms with van der Waals surface area (Å²) in [5, 5.41) is 5.25. The van der Waals surface area contributed by atoms with E-state index in [2.05, 4.69) is 10.6 Å². The summed E-state index contributed by atoms with van der Waals surface area (Å²) in [6.45, 7) is 2.12. The molecule has 1 atom stereocenters. The summed E-state index contributed by atoms with van der Waals surface area (Å²) >= 11 is 0. The molecule has 0 saturated carbocycles. The first-order chi connectivity index (χ1) is 11.3. The molecule has 0 aromatic heterocycles. The Bertz CT molecular complexity index is 724. The van der Waals surface area contributed by atoms with Crippen LogP contribution in [0, 0.1) is 0 Å². The topological polar surface area (TPSA) is 122 Å². The van der Waals surface area contributed by atoms with Crippen LogP contribution < -0.4 is 16.4 Å². The first-order valence-corrected chi connectivity index (χ1v) is 9.15. The number of carbonyl (C=O) groups is 2. The number of hydrogen-bond acceptors (Lipinski definition) is 5. The highest BCUT2D eigenvalue weighted by atomic mass is 35.5. The summed E-state index contributed by atoms with van der Waals surface area (Å²) in [6.07, 6.45) is 0.813. The number of anilines is 1. The molecular weight excluding hydrogens is 368 g/mol. The molecule has 25 heavy (non-hydrogen) atoms. The van der Waals surface area contributed by atoms with Crippen LogP contribution in [0.25, 0.3) is 0 Å². The summed E-state index contributed by atoms with van der Waals surface area (Å²) in [6, 6.07) is 5.93. The van der Waals surface area contributed by atoms with Crippen LogP contribution in [-0.2, 0) is 19.6 Å². The van der Waals surface area contributed by atoms with Gasteiger partial charge in [0.15, 0.2) is 0 Å². The van der Waals surface area contributed by atoms with Gasteiger partial charge in [-0.15, -0.1) is 12.4 Å². The zero-order valence-corrected chi connectivity index (χ0v) is 15.5. The number of nitrogens with two attached hydrogens (primary N) is 1. The Morgan fingerprint density at radius 1 is 1.44 bits per heavy atom. The van der Waals surface area contributed by atoms with Crippen LogP contribution in [0.2, 0.25) is 0 Å². The SMILES string of the molecule is CC(N)CCC(=O)Nc1cccc(S(=O)(=O)N2CCNC(=O)C2)c1.Cl. The second-order valence-electron chi connectivity index (χ2n) is 5.78. The van der Waals surface area contributed by atoms with Gasteiger partial charge in [0.2, 0.25) is 21.8 Å². The monoisotopic (exact) mass is 390 g/mol. The van der Waals surface area contributed by atoms with Gasteiger partial charge in [-0.25, -0.2) is 8.42 Å². The Morgan fingerprint density at radius 3 is 2.80 bits per heavy atom. The lowest BCUT2D eigenvalue weighted by Crippen LogP contribution is -2.49. The van der Waals surface area contributed by atoms with Crippen LogP contribution in [-0.4, -0.2) is 50.2 Å². The number of nitrogens with one attached hydrogen (secondary N) is 2. The Morgan fingerprint density at radius 2 is 2.16 bits per heavy atom. The predicted octanol–water partition coefficient (Wildman–Crippen LogP) is 0.295. The van der Waals surface area contributed by atoms with Gasteiger partial charge in [0.25, 0.3) is 0 Å². The fraction of sp³-hybridized carbons (Fsp3) is 0.467. The zero-order chi connectivity index (χ0) is 17.7. The van der Waals surface area contributed by atoms with E-state index in [4.69, 9.17) is 5.73 Å². The first kappa shape index (κ1) is 21.4. The van der Waals surface area contributed by atoms with Crippen LogP contribution in [0.1, 0.15) is 19.8 Å². The Balaban J connectivity index is 0.00000312. The van der Waals surface area contributed by atoms with Crippen LogP contribution >= 0.6 is 12.4 Å². The summed E-state index contributed by atoms with van der Waals surface area (Å²) in [5.74, 6) is -0.551. The lowest BCUT2D eigenvalue weighted by atomic mass is 10.2. The van der Waals surface area contributed by atoms with Crippen molar-refractivity contribution in [1.82, 2.24) is 9.62 Å². The maximum atomic E-state index is 12.6. The van der Waals surface area contributed by atoms with Gasteiger partial charge in [-0.3, -0.25) is 9.59 Å². The molecule has 1 aromatic rings. The lowest BCUT2D eigenvalue weighted by Gasteiger charge is -2.26. The van der Waals surface area contributed by atoms with E-state index in [1.165, 1.54) is 12.1 Å². The van der Waals surface area contributed by atoms with Crippen molar-refractivity contribution < 1.29 is 18.0 Å². The Hall–Kier alpha value is -1.68. The van der Waals surface area contributed by atoms with E-state index < -0.39 is 10.0 Å². The summed E-state index contributed by atoms with van der Waals surface area (Å²) < 4.78 is 26.3. The van der Waals surface area contributed by atoms with Gasteiger partial charge in [-0.1, -0.05) is 6.07 Å². The molecule has 1 heterocycles. The maximum Gasteiger partial charge on any atom is 0.243 e. The second kappa shape index (κ2) is 9.14. The number of hydrogen-bond donors (Lipinski definition) is 3. The molecule has 2 rings (SSSR count). The van der Waals surface area contributed by atoms with Crippen LogP contribution in [0.5, 0.6) is 0 Å². The third-order valence-electron chi connectivity index (χ3n) is 3.59. The highest BCUT2D eigenvalue weighted by Gasteiger charge is 2.29. The van der Waals surface area contributed by atoms with Crippen molar-refractivity contribution in [3.05, 3.63) is 24.3 Å². The number of piperazine rings is 1. The fourth-order valence-electron chi connectivity index (χ4n) is 2.29. The minimum atomic E-state index is -3.78. The van der Waals surface area contributed by atoms with E-state index in [0.29, 0.717) is 12.1 Å². The zero-order valence-electron chi connectivity index (χ0n) is 13.9. The van der Waals surface area contributed by atoms with Gasteiger partial charge in [0.05, 0.1) is 11.4 Å². The average Bonchev–Trinajstić information content (AvgIpc) is 2.53. The van der Waals surface area contributed by atoms with Crippen molar-refractivity contribution in [2.45, 2.75) is 30.7 Å². The van der Waals surface area contributed by atoms with Gasteiger partial charge < -0.3 is 16.4 Å². The van der Waals surface area contributed by atoms with Crippen LogP contribution in [0.4, 0.5) is 5.69 Å². The largest absolute Gasteiger partial charge is 0.354 e. The number of rotatable bonds is 6. The molecule has 1 saturated heterocycles.